The van der Waals surface area contributed by atoms with Crippen molar-refractivity contribution in [1.82, 2.24) is 4.90 Å². The first-order valence-corrected chi connectivity index (χ1v) is 17.9. The number of ether oxygens (including phenoxy) is 3. The first-order chi connectivity index (χ1) is 22.0. The van der Waals surface area contributed by atoms with Crippen LogP contribution in [0.3, 0.4) is 0 Å². The molecule has 10 heteroatoms. The number of cyclic esters (lactones) is 3. The fraction of sp³-hybridized carbons (Fsp3) is 0.838. The van der Waals surface area contributed by atoms with Gasteiger partial charge < -0.3 is 27.9 Å². The van der Waals surface area contributed by atoms with Crippen molar-refractivity contribution in [3.05, 3.63) is 22.1 Å². The SMILES string of the molecule is CC(C)C1CCC(=O)O1.CC(C)C1CCOC1=O.CC(C)C1COC(=O)C1.CC(C)N1CCCCC1.Cc1oc(=O)oc1CC(C)C. The van der Waals surface area contributed by atoms with Gasteiger partial charge in [0.05, 0.1) is 25.6 Å². The number of likely N-dealkylation sites (tertiary alicyclic amines) is 1. The van der Waals surface area contributed by atoms with Gasteiger partial charge in [0.25, 0.3) is 0 Å². The normalized spacial score (nSPS) is 22.5. The highest BCUT2D eigenvalue weighted by molar-refractivity contribution is 5.74. The van der Waals surface area contributed by atoms with Gasteiger partial charge in [-0.1, -0.05) is 61.8 Å². The molecule has 10 nitrogen and oxygen atoms in total. The van der Waals surface area contributed by atoms with Crippen LogP contribution in [0.15, 0.2) is 13.6 Å². The zero-order valence-corrected chi connectivity index (χ0v) is 31.2. The summed E-state index contributed by atoms with van der Waals surface area (Å²) in [6.45, 7) is 26.8. The van der Waals surface area contributed by atoms with E-state index in [1.807, 2.05) is 0 Å². The second-order valence-corrected chi connectivity index (χ2v) is 14.7. The van der Waals surface area contributed by atoms with E-state index in [1.165, 1.54) is 32.4 Å². The Labute approximate surface area is 283 Å². The van der Waals surface area contributed by atoms with Gasteiger partial charge in [-0.05, 0) is 83.2 Å². The third-order valence-corrected chi connectivity index (χ3v) is 8.82. The number of aryl methyl sites for hydroxylation is 1. The van der Waals surface area contributed by atoms with E-state index < -0.39 is 5.82 Å². The second-order valence-electron chi connectivity index (χ2n) is 14.7. The van der Waals surface area contributed by atoms with Crippen LogP contribution >= 0.6 is 0 Å². The molecule has 4 aliphatic rings. The standard InChI is InChI=1S/C8H17N.C8H12O3.3C7H12O2/c1-8(2)9-6-4-3-5-7-9;1-5(2)4-7-6(3)10-8(9)11-7;1-5(2)6-3-7(8)9-4-6;1-5(2)6-3-4-9-7(6)8;1-5(2)6-3-4-7(8)9-6/h8H,3-7H2,1-2H3;5H,4H2,1-3H3;3*5-6H,3-4H2,1-2H3. The minimum Gasteiger partial charge on any atom is -0.465 e. The molecule has 5 heterocycles. The predicted molar refractivity (Wildman–Crippen MR) is 183 cm³/mol. The summed E-state index contributed by atoms with van der Waals surface area (Å²) in [7, 11) is 0. The minimum absolute atomic E-state index is 0.00926. The third-order valence-electron chi connectivity index (χ3n) is 8.82. The summed E-state index contributed by atoms with van der Waals surface area (Å²) in [5.41, 5.74) is 0. The van der Waals surface area contributed by atoms with Gasteiger partial charge in [0.15, 0.2) is 0 Å². The average Bonchev–Trinajstić information content (AvgIpc) is 3.79. The Morgan fingerprint density at radius 3 is 1.66 bits per heavy atom. The molecule has 4 fully saturated rings. The smallest absolute Gasteiger partial charge is 0.465 e. The zero-order chi connectivity index (χ0) is 35.7. The average molecular weight is 668 g/mol. The lowest BCUT2D eigenvalue weighted by atomic mass is 9.95. The zero-order valence-electron chi connectivity index (χ0n) is 31.2. The number of carbonyl (C=O) groups is 3. The number of esters is 3. The molecule has 0 radical (unpaired) electrons. The Morgan fingerprint density at radius 1 is 0.745 bits per heavy atom. The second kappa shape index (κ2) is 22.1. The summed E-state index contributed by atoms with van der Waals surface area (Å²) in [6.07, 6.45) is 8.29. The van der Waals surface area contributed by atoms with Gasteiger partial charge in [-0.25, -0.2) is 4.79 Å². The highest BCUT2D eigenvalue weighted by atomic mass is 16.6. The number of nitrogens with zero attached hydrogens (tertiary/aromatic N) is 1. The van der Waals surface area contributed by atoms with E-state index in [-0.39, 0.29) is 29.9 Å². The lowest BCUT2D eigenvalue weighted by Gasteiger charge is -2.29. The molecule has 0 aromatic carbocycles. The molecular formula is C37H65NO9. The van der Waals surface area contributed by atoms with Crippen molar-refractivity contribution in [3.8, 4) is 0 Å². The Bertz CT molecular complexity index is 1070. The fourth-order valence-electron chi connectivity index (χ4n) is 5.46. The van der Waals surface area contributed by atoms with Crippen LogP contribution in [0.4, 0.5) is 0 Å². The van der Waals surface area contributed by atoms with Crippen LogP contribution < -0.4 is 5.82 Å². The molecule has 5 rings (SSSR count). The van der Waals surface area contributed by atoms with Crippen LogP contribution in [0.1, 0.15) is 126 Å². The van der Waals surface area contributed by atoms with Gasteiger partial charge in [0, 0.05) is 24.8 Å². The Balaban J connectivity index is 0.000000294. The van der Waals surface area contributed by atoms with E-state index in [1.54, 1.807) is 6.92 Å². The third kappa shape index (κ3) is 17.4. The van der Waals surface area contributed by atoms with Gasteiger partial charge in [0.2, 0.25) is 0 Å². The van der Waals surface area contributed by atoms with E-state index in [4.69, 9.17) is 23.0 Å². The van der Waals surface area contributed by atoms with Crippen molar-refractivity contribution in [2.24, 2.45) is 35.5 Å². The Morgan fingerprint density at radius 2 is 1.38 bits per heavy atom. The van der Waals surface area contributed by atoms with Crippen molar-refractivity contribution >= 4 is 17.9 Å². The van der Waals surface area contributed by atoms with Gasteiger partial charge in [-0.2, -0.15) is 0 Å². The van der Waals surface area contributed by atoms with Crippen LogP contribution in [-0.4, -0.2) is 61.3 Å². The number of carbonyl (C=O) groups excluding carboxylic acids is 3. The van der Waals surface area contributed by atoms with Crippen molar-refractivity contribution in [2.45, 2.75) is 140 Å². The van der Waals surface area contributed by atoms with Crippen LogP contribution in [-0.2, 0) is 35.0 Å². The monoisotopic (exact) mass is 667 g/mol. The highest BCUT2D eigenvalue weighted by Gasteiger charge is 2.29. The topological polar surface area (TPSA) is 125 Å². The molecule has 47 heavy (non-hydrogen) atoms. The predicted octanol–water partition coefficient (Wildman–Crippen LogP) is 7.38. The first kappa shape index (κ1) is 42.4. The summed E-state index contributed by atoms with van der Waals surface area (Å²) in [5.74, 6) is 3.23. The maximum atomic E-state index is 10.8. The molecule has 0 aliphatic carbocycles. The van der Waals surface area contributed by atoms with Crippen molar-refractivity contribution in [2.75, 3.05) is 26.3 Å². The maximum Gasteiger partial charge on any atom is 0.519 e. The van der Waals surface area contributed by atoms with Gasteiger partial charge in [0.1, 0.15) is 17.6 Å². The van der Waals surface area contributed by atoms with Crippen LogP contribution in [0.5, 0.6) is 0 Å². The largest absolute Gasteiger partial charge is 0.519 e. The van der Waals surface area contributed by atoms with Gasteiger partial charge in [-0.3, -0.25) is 14.4 Å². The molecular weight excluding hydrogens is 602 g/mol. The molecule has 0 amide bonds. The molecule has 4 saturated heterocycles. The van der Waals surface area contributed by atoms with Crippen LogP contribution in [0.25, 0.3) is 0 Å². The molecule has 1 aromatic heterocycles. The molecule has 0 saturated carbocycles. The molecule has 4 aliphatic heterocycles. The first-order valence-electron chi connectivity index (χ1n) is 17.9. The molecule has 0 spiro atoms. The summed E-state index contributed by atoms with van der Waals surface area (Å²) in [5, 5.41) is 0. The van der Waals surface area contributed by atoms with E-state index in [0.29, 0.717) is 67.2 Å². The summed E-state index contributed by atoms with van der Waals surface area (Å²) < 4.78 is 24.1. The minimum atomic E-state index is -0.599. The highest BCUT2D eigenvalue weighted by Crippen LogP contribution is 2.23. The number of hydrogen-bond acceptors (Lipinski definition) is 10. The molecule has 3 atom stereocenters. The number of piperidine rings is 1. The van der Waals surface area contributed by atoms with Gasteiger partial charge in [-0.15, -0.1) is 0 Å². The van der Waals surface area contributed by atoms with Crippen molar-refractivity contribution < 1.29 is 37.4 Å². The fourth-order valence-corrected chi connectivity index (χ4v) is 5.46. The van der Waals surface area contributed by atoms with E-state index >= 15 is 0 Å². The maximum absolute atomic E-state index is 10.8. The quantitative estimate of drug-likeness (QED) is 0.224. The molecule has 3 unspecified atom stereocenters. The van der Waals surface area contributed by atoms with E-state index in [2.05, 4.69) is 74.1 Å². The summed E-state index contributed by atoms with van der Waals surface area (Å²) in [6, 6.07) is 0.769. The summed E-state index contributed by atoms with van der Waals surface area (Å²) in [4.78, 5) is 45.0. The van der Waals surface area contributed by atoms with Crippen molar-refractivity contribution in [3.63, 3.8) is 0 Å². The lowest BCUT2D eigenvalue weighted by Crippen LogP contribution is -2.35. The molecule has 0 N–H and O–H groups in total. The van der Waals surface area contributed by atoms with Crippen LogP contribution in [0.2, 0.25) is 0 Å². The lowest BCUT2D eigenvalue weighted by molar-refractivity contribution is -0.143. The van der Waals surface area contributed by atoms with Crippen LogP contribution in [0, 0.1) is 42.4 Å². The number of hydrogen-bond donors (Lipinski definition) is 0. The summed E-state index contributed by atoms with van der Waals surface area (Å²) >= 11 is 0. The number of rotatable bonds is 6. The van der Waals surface area contributed by atoms with Gasteiger partial charge >= 0.3 is 23.7 Å². The Kier molecular flexibility index (Phi) is 19.9. The van der Waals surface area contributed by atoms with E-state index in [9.17, 15) is 19.2 Å². The molecule has 272 valence electrons. The van der Waals surface area contributed by atoms with Crippen molar-refractivity contribution in [1.29, 1.82) is 0 Å². The molecule has 1 aromatic rings. The Hall–Kier alpha value is -2.62. The molecule has 0 bridgehead atoms. The van der Waals surface area contributed by atoms with E-state index in [0.717, 1.165) is 25.3 Å².